The molecule has 5 heteroatoms. The van der Waals surface area contributed by atoms with Crippen molar-refractivity contribution >= 4 is 17.8 Å². The number of likely N-dealkylation sites (tertiary alicyclic amines) is 1. The van der Waals surface area contributed by atoms with Crippen LogP contribution in [0.25, 0.3) is 0 Å². The standard InChI is InChI=1S/C33H39NO4/c1-17(2)20-15-14-19(5)16-25(20)38-33(37)30(18(3)4)34-31(35)28-26-21-10-6-7-11-22(21)27(29(28)32(34)36)24-13-9-8-12-23(24)26/h6-13,17-20,25-30H,14-16H2,1-5H3/t19-,20-,25+,26?,27?,28-,29+,30+/m0/s1. The molecule has 5 nitrogen and oxygen atoms in total. The first kappa shape index (κ1) is 25.3. The molecule has 200 valence electrons. The second-order valence-corrected chi connectivity index (χ2v) is 12.8. The summed E-state index contributed by atoms with van der Waals surface area (Å²) in [5.41, 5.74) is 4.56. The van der Waals surface area contributed by atoms with Gasteiger partial charge in [-0.05, 0) is 58.8 Å². The molecule has 0 radical (unpaired) electrons. The van der Waals surface area contributed by atoms with Gasteiger partial charge in [0, 0.05) is 11.8 Å². The number of hydrogen-bond acceptors (Lipinski definition) is 4. The van der Waals surface area contributed by atoms with Crippen molar-refractivity contribution in [2.75, 3.05) is 0 Å². The number of rotatable bonds is 5. The molecule has 5 aliphatic rings. The molecule has 6 atom stereocenters. The maximum absolute atomic E-state index is 14.2. The van der Waals surface area contributed by atoms with Crippen molar-refractivity contribution in [2.24, 2.45) is 35.5 Å². The number of hydrogen-bond donors (Lipinski definition) is 0. The first-order valence-electron chi connectivity index (χ1n) is 14.5. The van der Waals surface area contributed by atoms with E-state index in [9.17, 15) is 14.4 Å². The smallest absolute Gasteiger partial charge is 0.329 e. The van der Waals surface area contributed by atoms with Gasteiger partial charge in [-0.1, -0.05) is 89.6 Å². The van der Waals surface area contributed by atoms with Crippen LogP contribution in [0.15, 0.2) is 48.5 Å². The van der Waals surface area contributed by atoms with E-state index >= 15 is 0 Å². The number of benzene rings is 2. The maximum atomic E-state index is 14.2. The molecule has 2 amide bonds. The Morgan fingerprint density at radius 3 is 1.71 bits per heavy atom. The molecule has 7 rings (SSSR count). The van der Waals surface area contributed by atoms with E-state index in [4.69, 9.17) is 4.74 Å². The molecule has 1 saturated heterocycles. The van der Waals surface area contributed by atoms with Gasteiger partial charge >= 0.3 is 5.97 Å². The fourth-order valence-corrected chi connectivity index (χ4v) is 8.12. The van der Waals surface area contributed by atoms with Crippen molar-refractivity contribution in [1.29, 1.82) is 0 Å². The van der Waals surface area contributed by atoms with Crippen molar-refractivity contribution < 1.29 is 19.1 Å². The van der Waals surface area contributed by atoms with Gasteiger partial charge in [0.05, 0.1) is 11.8 Å². The number of nitrogens with zero attached hydrogens (tertiary/aromatic N) is 1. The summed E-state index contributed by atoms with van der Waals surface area (Å²) in [7, 11) is 0. The third-order valence-corrected chi connectivity index (χ3v) is 9.86. The van der Waals surface area contributed by atoms with Gasteiger partial charge in [0.2, 0.25) is 11.8 Å². The molecule has 2 aromatic carbocycles. The summed E-state index contributed by atoms with van der Waals surface area (Å²) in [6.45, 7) is 10.4. The predicted molar refractivity (Wildman–Crippen MR) is 145 cm³/mol. The lowest BCUT2D eigenvalue weighted by atomic mass is 9.55. The summed E-state index contributed by atoms with van der Waals surface area (Å²) in [5, 5.41) is 0. The van der Waals surface area contributed by atoms with Crippen LogP contribution in [0.5, 0.6) is 0 Å². The SMILES string of the molecule is CC(C)[C@@H]1CC[C@H](C)C[C@H]1OC(=O)[C@@H](C(C)C)N1C(=O)[C@@H]2C3c4ccccc4C(c4ccccc43)[C@@H]2C1=O. The lowest BCUT2D eigenvalue weighted by molar-refractivity contribution is -0.169. The maximum Gasteiger partial charge on any atom is 0.329 e. The molecule has 2 fully saturated rings. The Bertz CT molecular complexity index is 1170. The van der Waals surface area contributed by atoms with Crippen LogP contribution in [0.3, 0.4) is 0 Å². The van der Waals surface area contributed by atoms with E-state index in [1.165, 1.54) is 4.90 Å². The molecule has 1 aliphatic heterocycles. The first-order valence-corrected chi connectivity index (χ1v) is 14.5. The molecule has 0 unspecified atom stereocenters. The summed E-state index contributed by atoms with van der Waals surface area (Å²) in [6.07, 6.45) is 2.84. The normalized spacial score (nSPS) is 32.3. The van der Waals surface area contributed by atoms with E-state index < -0.39 is 23.8 Å². The van der Waals surface area contributed by atoms with Crippen LogP contribution in [0.1, 0.15) is 88.0 Å². The Morgan fingerprint density at radius 2 is 1.29 bits per heavy atom. The Balaban J connectivity index is 1.36. The second-order valence-electron chi connectivity index (χ2n) is 12.8. The largest absolute Gasteiger partial charge is 0.461 e. The van der Waals surface area contributed by atoms with Gasteiger partial charge in [-0.15, -0.1) is 0 Å². The zero-order chi connectivity index (χ0) is 26.9. The van der Waals surface area contributed by atoms with Crippen molar-refractivity contribution in [1.82, 2.24) is 4.90 Å². The average Bonchev–Trinajstić information content (AvgIpc) is 3.14. The molecule has 2 bridgehead atoms. The molecule has 0 spiro atoms. The first-order chi connectivity index (χ1) is 18.2. The molecular formula is C33H39NO4. The van der Waals surface area contributed by atoms with Crippen molar-refractivity contribution in [3.05, 3.63) is 70.8 Å². The molecule has 4 aliphatic carbocycles. The number of carbonyl (C=O) groups is 3. The zero-order valence-electron chi connectivity index (χ0n) is 23.1. The van der Waals surface area contributed by atoms with Gasteiger partial charge in [0.15, 0.2) is 0 Å². The summed E-state index contributed by atoms with van der Waals surface area (Å²) in [4.78, 5) is 43.6. The minimum atomic E-state index is -0.906. The van der Waals surface area contributed by atoms with Gasteiger partial charge in [-0.3, -0.25) is 14.5 Å². The zero-order valence-corrected chi connectivity index (χ0v) is 23.1. The quantitative estimate of drug-likeness (QED) is 0.368. The van der Waals surface area contributed by atoms with Crippen LogP contribution >= 0.6 is 0 Å². The highest BCUT2D eigenvalue weighted by molar-refractivity contribution is 6.10. The predicted octanol–water partition coefficient (Wildman–Crippen LogP) is 5.91. The Kier molecular flexibility index (Phi) is 6.24. The molecule has 0 N–H and O–H groups in total. The van der Waals surface area contributed by atoms with Gasteiger partial charge in [-0.25, -0.2) is 4.79 Å². The third-order valence-electron chi connectivity index (χ3n) is 9.86. The molecule has 2 aromatic rings. The van der Waals surface area contributed by atoms with Crippen LogP contribution in [0, 0.1) is 35.5 Å². The molecular weight excluding hydrogens is 474 g/mol. The van der Waals surface area contributed by atoms with Crippen LogP contribution in [0.4, 0.5) is 0 Å². The summed E-state index contributed by atoms with van der Waals surface area (Å²) >= 11 is 0. The van der Waals surface area contributed by atoms with E-state index in [1.54, 1.807) is 0 Å². The second kappa shape index (κ2) is 9.36. The topological polar surface area (TPSA) is 63.7 Å². The average molecular weight is 514 g/mol. The van der Waals surface area contributed by atoms with E-state index in [-0.39, 0.29) is 35.7 Å². The molecule has 1 heterocycles. The molecule has 0 aromatic heterocycles. The minimum Gasteiger partial charge on any atom is -0.461 e. The number of ether oxygens (including phenoxy) is 1. The van der Waals surface area contributed by atoms with E-state index in [1.807, 2.05) is 38.1 Å². The highest BCUT2D eigenvalue weighted by atomic mass is 16.5. The highest BCUT2D eigenvalue weighted by Crippen LogP contribution is 2.61. The van der Waals surface area contributed by atoms with Crippen molar-refractivity contribution in [3.63, 3.8) is 0 Å². The van der Waals surface area contributed by atoms with Crippen LogP contribution in [-0.4, -0.2) is 34.8 Å². The lowest BCUT2D eigenvalue weighted by Gasteiger charge is -2.45. The fraction of sp³-hybridized carbons (Fsp3) is 0.545. The monoisotopic (exact) mass is 513 g/mol. The van der Waals surface area contributed by atoms with Crippen LogP contribution < -0.4 is 0 Å². The Labute approximate surface area is 225 Å². The summed E-state index contributed by atoms with van der Waals surface area (Å²) in [5.74, 6) is -1.21. The van der Waals surface area contributed by atoms with Gasteiger partial charge in [0.25, 0.3) is 0 Å². The number of imide groups is 1. The number of esters is 1. The fourth-order valence-electron chi connectivity index (χ4n) is 8.12. The van der Waals surface area contributed by atoms with Gasteiger partial charge in [-0.2, -0.15) is 0 Å². The summed E-state index contributed by atoms with van der Waals surface area (Å²) in [6, 6.07) is 15.6. The third kappa shape index (κ3) is 3.68. The molecule has 1 saturated carbocycles. The summed E-state index contributed by atoms with van der Waals surface area (Å²) < 4.78 is 6.23. The van der Waals surface area contributed by atoms with E-state index in [2.05, 4.69) is 45.0 Å². The van der Waals surface area contributed by atoms with E-state index in [0.717, 1.165) is 41.5 Å². The van der Waals surface area contributed by atoms with Gasteiger partial charge < -0.3 is 4.74 Å². The van der Waals surface area contributed by atoms with Crippen molar-refractivity contribution in [3.8, 4) is 0 Å². The minimum absolute atomic E-state index is 0.174. The number of amides is 2. The Hall–Kier alpha value is -2.95. The Morgan fingerprint density at radius 1 is 0.816 bits per heavy atom. The van der Waals surface area contributed by atoms with Crippen molar-refractivity contribution in [2.45, 2.75) is 77.9 Å². The number of carbonyl (C=O) groups excluding carboxylic acids is 3. The molecule has 38 heavy (non-hydrogen) atoms. The van der Waals surface area contributed by atoms with Crippen LogP contribution in [0.2, 0.25) is 0 Å². The lowest BCUT2D eigenvalue weighted by Crippen LogP contribution is -2.51. The van der Waals surface area contributed by atoms with E-state index in [0.29, 0.717) is 17.8 Å². The van der Waals surface area contributed by atoms with Gasteiger partial charge in [0.1, 0.15) is 12.1 Å². The van der Waals surface area contributed by atoms with Crippen LogP contribution in [-0.2, 0) is 19.1 Å². The highest BCUT2D eigenvalue weighted by Gasteiger charge is 2.63.